The molecule has 0 aliphatic carbocycles. The van der Waals surface area contributed by atoms with E-state index >= 15 is 0 Å². The van der Waals surface area contributed by atoms with E-state index in [4.69, 9.17) is 0 Å². The van der Waals surface area contributed by atoms with Gasteiger partial charge in [-0.25, -0.2) is 13.2 Å². The zero-order chi connectivity index (χ0) is 25.2. The van der Waals surface area contributed by atoms with Gasteiger partial charge in [0.15, 0.2) is 5.69 Å². The second-order valence-corrected chi connectivity index (χ2v) is 10.3. The largest absolute Gasteiger partial charge is 0.435 e. The van der Waals surface area contributed by atoms with Crippen molar-refractivity contribution in [3.8, 4) is 10.6 Å². The second kappa shape index (κ2) is 9.43. The van der Waals surface area contributed by atoms with E-state index in [-0.39, 0.29) is 15.6 Å². The number of hydrogen-bond donors (Lipinski definition) is 3. The molecule has 0 aliphatic rings. The molecule has 2 amide bonds. The molecule has 4 aromatic rings. The molecule has 0 saturated carbocycles. The Morgan fingerprint density at radius 2 is 1.51 bits per heavy atom. The van der Waals surface area contributed by atoms with Crippen LogP contribution in [0.4, 0.5) is 35.0 Å². The quantitative estimate of drug-likeness (QED) is 0.307. The number of sulfonamides is 1. The molecule has 0 atom stereocenters. The fraction of sp³-hybridized carbons (Fsp3) is 0.0909. The SMILES string of the molecule is Cn1nc(C(F)(F)F)cc1-c1ccc(S(=O)(=O)Nc2ccc(NC(=O)Nc3ccccc3)cc2)s1. The first-order valence-electron chi connectivity index (χ1n) is 9.99. The highest BCUT2D eigenvalue weighted by molar-refractivity contribution is 7.94. The Labute approximate surface area is 202 Å². The van der Waals surface area contributed by atoms with Crippen LogP contribution in [0.1, 0.15) is 5.69 Å². The summed E-state index contributed by atoms with van der Waals surface area (Å²) in [6.45, 7) is 0. The van der Waals surface area contributed by atoms with E-state index in [2.05, 4.69) is 20.5 Å². The number of anilines is 3. The molecule has 2 aromatic carbocycles. The summed E-state index contributed by atoms with van der Waals surface area (Å²) in [6, 6.07) is 18.0. The maximum atomic E-state index is 12.9. The van der Waals surface area contributed by atoms with Crippen LogP contribution >= 0.6 is 11.3 Å². The van der Waals surface area contributed by atoms with Crippen molar-refractivity contribution < 1.29 is 26.4 Å². The average molecular weight is 522 g/mol. The van der Waals surface area contributed by atoms with Gasteiger partial charge in [-0.3, -0.25) is 9.40 Å². The lowest BCUT2D eigenvalue weighted by Crippen LogP contribution is -2.19. The highest BCUT2D eigenvalue weighted by atomic mass is 32.2. The number of thiophene rings is 1. The highest BCUT2D eigenvalue weighted by Gasteiger charge is 2.35. The molecule has 0 spiro atoms. The van der Waals surface area contributed by atoms with E-state index in [1.807, 2.05) is 6.07 Å². The normalized spacial score (nSPS) is 11.8. The number of amides is 2. The molecule has 2 heterocycles. The predicted molar refractivity (Wildman–Crippen MR) is 128 cm³/mol. The minimum atomic E-state index is -4.60. The van der Waals surface area contributed by atoms with Crippen LogP contribution in [0, 0.1) is 0 Å². The van der Waals surface area contributed by atoms with Crippen molar-refractivity contribution in [3.63, 3.8) is 0 Å². The van der Waals surface area contributed by atoms with E-state index in [1.165, 1.54) is 43.4 Å². The van der Waals surface area contributed by atoms with Crippen molar-refractivity contribution in [1.82, 2.24) is 9.78 Å². The number of carbonyl (C=O) groups excluding carboxylic acids is 1. The molecule has 2 aromatic heterocycles. The van der Waals surface area contributed by atoms with Crippen LogP contribution in [0.2, 0.25) is 0 Å². The molecular formula is C22H18F3N5O3S2. The summed E-state index contributed by atoms with van der Waals surface area (Å²) >= 11 is 0.819. The predicted octanol–water partition coefficient (Wildman–Crippen LogP) is 5.61. The van der Waals surface area contributed by atoms with Crippen LogP contribution in [-0.4, -0.2) is 24.2 Å². The molecule has 35 heavy (non-hydrogen) atoms. The number of halogens is 3. The number of nitrogens with zero attached hydrogens (tertiary/aromatic N) is 2. The van der Waals surface area contributed by atoms with Gasteiger partial charge in [0.05, 0.1) is 10.6 Å². The summed E-state index contributed by atoms with van der Waals surface area (Å²) in [7, 11) is -2.64. The second-order valence-electron chi connectivity index (χ2n) is 7.28. The van der Waals surface area contributed by atoms with Crippen molar-refractivity contribution in [2.75, 3.05) is 15.4 Å². The number of urea groups is 1. The minimum absolute atomic E-state index is 0.0771. The van der Waals surface area contributed by atoms with Gasteiger partial charge in [0.25, 0.3) is 10.0 Å². The molecule has 3 N–H and O–H groups in total. The zero-order valence-electron chi connectivity index (χ0n) is 18.0. The lowest BCUT2D eigenvalue weighted by Gasteiger charge is -2.09. The summed E-state index contributed by atoms with van der Waals surface area (Å²) < 4.78 is 67.7. The van der Waals surface area contributed by atoms with Crippen molar-refractivity contribution >= 4 is 44.5 Å². The maximum absolute atomic E-state index is 12.9. The topological polar surface area (TPSA) is 105 Å². The van der Waals surface area contributed by atoms with Gasteiger partial charge in [-0.05, 0) is 54.6 Å². The van der Waals surface area contributed by atoms with Crippen molar-refractivity contribution in [2.45, 2.75) is 10.4 Å². The smallest absolute Gasteiger partial charge is 0.308 e. The first-order chi connectivity index (χ1) is 16.5. The number of aryl methyl sites for hydroxylation is 1. The van der Waals surface area contributed by atoms with Crippen molar-refractivity contribution in [3.05, 3.63) is 78.5 Å². The summed E-state index contributed by atoms with van der Waals surface area (Å²) in [5.74, 6) is 0. The van der Waals surface area contributed by atoms with Gasteiger partial charge in [0.2, 0.25) is 0 Å². The third-order valence-electron chi connectivity index (χ3n) is 4.70. The molecule has 0 saturated heterocycles. The van der Waals surface area contributed by atoms with Gasteiger partial charge in [-0.2, -0.15) is 18.3 Å². The lowest BCUT2D eigenvalue weighted by molar-refractivity contribution is -0.141. The van der Waals surface area contributed by atoms with Gasteiger partial charge in [-0.15, -0.1) is 11.3 Å². The van der Waals surface area contributed by atoms with E-state index in [0.29, 0.717) is 16.3 Å². The lowest BCUT2D eigenvalue weighted by atomic mass is 10.3. The first kappa shape index (κ1) is 24.3. The monoisotopic (exact) mass is 521 g/mol. The molecular weight excluding hydrogens is 503 g/mol. The summed E-state index contributed by atoms with van der Waals surface area (Å²) in [5.41, 5.74) is 0.390. The number of aromatic nitrogens is 2. The van der Waals surface area contributed by atoms with Crippen LogP contribution in [0.3, 0.4) is 0 Å². The van der Waals surface area contributed by atoms with Gasteiger partial charge >= 0.3 is 12.2 Å². The number of alkyl halides is 3. The zero-order valence-corrected chi connectivity index (χ0v) is 19.6. The Morgan fingerprint density at radius 3 is 2.11 bits per heavy atom. The maximum Gasteiger partial charge on any atom is 0.435 e. The fourth-order valence-electron chi connectivity index (χ4n) is 3.08. The Balaban J connectivity index is 1.43. The van der Waals surface area contributed by atoms with E-state index in [0.717, 1.165) is 22.1 Å². The highest BCUT2D eigenvalue weighted by Crippen LogP contribution is 2.35. The Kier molecular flexibility index (Phi) is 6.54. The van der Waals surface area contributed by atoms with Crippen LogP contribution in [0.25, 0.3) is 10.6 Å². The number of rotatable bonds is 6. The number of carbonyl (C=O) groups is 1. The number of hydrogen-bond acceptors (Lipinski definition) is 5. The Bertz CT molecular complexity index is 1450. The summed E-state index contributed by atoms with van der Waals surface area (Å²) in [5, 5.41) is 8.75. The first-order valence-corrected chi connectivity index (χ1v) is 12.3. The molecule has 0 bridgehead atoms. The van der Waals surface area contributed by atoms with Gasteiger partial charge < -0.3 is 10.6 Å². The van der Waals surface area contributed by atoms with Crippen LogP contribution in [0.5, 0.6) is 0 Å². The molecule has 4 rings (SSSR count). The van der Waals surface area contributed by atoms with E-state index < -0.39 is 27.9 Å². The minimum Gasteiger partial charge on any atom is -0.308 e. The molecule has 182 valence electrons. The third kappa shape index (κ3) is 5.81. The molecule has 13 heteroatoms. The average Bonchev–Trinajstić information content (AvgIpc) is 3.43. The number of para-hydroxylation sites is 1. The molecule has 0 aliphatic heterocycles. The van der Waals surface area contributed by atoms with Crippen LogP contribution in [0.15, 0.2) is 77.0 Å². The Morgan fingerprint density at radius 1 is 0.914 bits per heavy atom. The molecule has 0 unspecified atom stereocenters. The van der Waals surface area contributed by atoms with Crippen LogP contribution in [-0.2, 0) is 23.2 Å². The summed E-state index contributed by atoms with van der Waals surface area (Å²) in [4.78, 5) is 12.4. The molecule has 8 nitrogen and oxygen atoms in total. The third-order valence-corrected chi connectivity index (χ3v) is 7.68. The fourth-order valence-corrected chi connectivity index (χ4v) is 5.49. The van der Waals surface area contributed by atoms with E-state index in [1.54, 1.807) is 24.3 Å². The number of nitrogens with one attached hydrogen (secondary N) is 3. The molecule has 0 radical (unpaired) electrons. The van der Waals surface area contributed by atoms with Gasteiger partial charge in [0.1, 0.15) is 4.21 Å². The Hall–Kier alpha value is -3.84. The van der Waals surface area contributed by atoms with Gasteiger partial charge in [-0.1, -0.05) is 18.2 Å². The summed E-state index contributed by atoms with van der Waals surface area (Å²) in [6.07, 6.45) is -4.60. The van der Waals surface area contributed by atoms with Gasteiger partial charge in [0, 0.05) is 24.1 Å². The standard InChI is InChI=1S/C22H18F3N5O3S2/c1-30-17(13-19(28-30)22(23,24)25)18-11-12-20(34-18)35(32,33)29-16-9-7-15(8-10-16)27-21(31)26-14-5-3-2-4-6-14/h2-13,29H,1H3,(H2,26,27,31). The van der Waals surface area contributed by atoms with Crippen LogP contribution < -0.4 is 15.4 Å². The van der Waals surface area contributed by atoms with E-state index in [9.17, 15) is 26.4 Å². The van der Waals surface area contributed by atoms with Crippen molar-refractivity contribution in [1.29, 1.82) is 0 Å². The number of benzene rings is 2. The molecule has 0 fully saturated rings. The van der Waals surface area contributed by atoms with Crippen molar-refractivity contribution in [2.24, 2.45) is 7.05 Å².